The van der Waals surface area contributed by atoms with Crippen LogP contribution in [-0.4, -0.2) is 23.9 Å². The second kappa shape index (κ2) is 24.7. The standard InChI is InChI=1S/2C18H34O3/c2*1-6-8-12-15(7-2)17(20)21-16(19)13-10-9-11-14-18(3,4)5/h2*15H,6-14H2,1-5H3. The second-order valence-electron chi connectivity index (χ2n) is 14.3. The highest BCUT2D eigenvalue weighted by Crippen LogP contribution is 2.23. The van der Waals surface area contributed by atoms with E-state index in [1.54, 1.807) is 0 Å². The largest absolute Gasteiger partial charge is 0.393 e. The number of unbranched alkanes of at least 4 members (excludes halogenated alkanes) is 6. The number of hydrogen-bond acceptors (Lipinski definition) is 6. The summed E-state index contributed by atoms with van der Waals surface area (Å²) in [6.45, 7) is 21.5. The van der Waals surface area contributed by atoms with Gasteiger partial charge in [0.25, 0.3) is 0 Å². The minimum Gasteiger partial charge on any atom is -0.393 e. The first kappa shape index (κ1) is 42.4. The Morgan fingerprint density at radius 2 is 0.833 bits per heavy atom. The molecule has 248 valence electrons. The molecule has 0 aliphatic carbocycles. The summed E-state index contributed by atoms with van der Waals surface area (Å²) in [6.07, 6.45) is 16.2. The Morgan fingerprint density at radius 1 is 0.500 bits per heavy atom. The van der Waals surface area contributed by atoms with Crippen molar-refractivity contribution in [2.45, 2.75) is 185 Å². The molecule has 6 heteroatoms. The van der Waals surface area contributed by atoms with Gasteiger partial charge in [-0.1, -0.05) is 121 Å². The maximum absolute atomic E-state index is 11.9. The number of carbonyl (C=O) groups excluding carboxylic acids is 4. The van der Waals surface area contributed by atoms with E-state index in [0.29, 0.717) is 23.7 Å². The van der Waals surface area contributed by atoms with Gasteiger partial charge in [0.2, 0.25) is 0 Å². The number of hydrogen-bond donors (Lipinski definition) is 0. The molecule has 0 spiro atoms. The molecular formula is C36H68O6. The van der Waals surface area contributed by atoms with Gasteiger partial charge in [0, 0.05) is 12.8 Å². The summed E-state index contributed by atoms with van der Waals surface area (Å²) in [5.41, 5.74) is 0.703. The van der Waals surface area contributed by atoms with Crippen molar-refractivity contribution >= 4 is 23.9 Å². The van der Waals surface area contributed by atoms with Crippen molar-refractivity contribution in [1.29, 1.82) is 0 Å². The van der Waals surface area contributed by atoms with E-state index >= 15 is 0 Å². The third-order valence-corrected chi connectivity index (χ3v) is 7.51. The first-order chi connectivity index (χ1) is 19.6. The highest BCUT2D eigenvalue weighted by molar-refractivity contribution is 5.87. The fraction of sp³-hybridized carbons (Fsp3) is 0.889. The van der Waals surface area contributed by atoms with Crippen LogP contribution in [0.1, 0.15) is 185 Å². The van der Waals surface area contributed by atoms with Gasteiger partial charge in [-0.25, -0.2) is 0 Å². The lowest BCUT2D eigenvalue weighted by Gasteiger charge is -2.17. The first-order valence-corrected chi connectivity index (χ1v) is 17.1. The number of ether oxygens (including phenoxy) is 2. The van der Waals surface area contributed by atoms with Crippen molar-refractivity contribution in [3.05, 3.63) is 0 Å². The fourth-order valence-corrected chi connectivity index (χ4v) is 4.57. The third-order valence-electron chi connectivity index (χ3n) is 7.51. The van der Waals surface area contributed by atoms with Gasteiger partial charge in [-0.15, -0.1) is 0 Å². The number of esters is 4. The summed E-state index contributed by atoms with van der Waals surface area (Å²) in [6, 6.07) is 0. The van der Waals surface area contributed by atoms with Crippen molar-refractivity contribution < 1.29 is 28.7 Å². The van der Waals surface area contributed by atoms with E-state index in [-0.39, 0.29) is 35.7 Å². The summed E-state index contributed by atoms with van der Waals surface area (Å²) in [5.74, 6) is -1.60. The van der Waals surface area contributed by atoms with Crippen LogP contribution in [0.4, 0.5) is 0 Å². The highest BCUT2D eigenvalue weighted by atomic mass is 16.6. The monoisotopic (exact) mass is 597 g/mol. The second-order valence-corrected chi connectivity index (χ2v) is 14.3. The molecule has 0 N–H and O–H groups in total. The van der Waals surface area contributed by atoms with Crippen LogP contribution in [0.15, 0.2) is 0 Å². The van der Waals surface area contributed by atoms with Crippen molar-refractivity contribution in [1.82, 2.24) is 0 Å². The molecule has 0 aliphatic heterocycles. The molecule has 0 saturated heterocycles. The van der Waals surface area contributed by atoms with Crippen LogP contribution in [0.5, 0.6) is 0 Å². The zero-order valence-corrected chi connectivity index (χ0v) is 29.3. The van der Waals surface area contributed by atoms with E-state index in [4.69, 9.17) is 9.47 Å². The molecule has 0 rings (SSSR count). The van der Waals surface area contributed by atoms with Crippen LogP contribution >= 0.6 is 0 Å². The zero-order valence-electron chi connectivity index (χ0n) is 29.3. The molecule has 0 aromatic rings. The average Bonchev–Trinajstić information content (AvgIpc) is 2.88. The number of rotatable bonds is 20. The molecule has 0 aromatic carbocycles. The summed E-state index contributed by atoms with van der Waals surface area (Å²) in [4.78, 5) is 47.1. The maximum atomic E-state index is 11.9. The van der Waals surface area contributed by atoms with Crippen molar-refractivity contribution in [2.75, 3.05) is 0 Å². The lowest BCUT2D eigenvalue weighted by Crippen LogP contribution is -2.20. The number of carbonyl (C=O) groups is 4. The maximum Gasteiger partial charge on any atom is 0.316 e. The minimum atomic E-state index is -0.356. The van der Waals surface area contributed by atoms with Crippen LogP contribution in [0.2, 0.25) is 0 Å². The first-order valence-electron chi connectivity index (χ1n) is 17.1. The Labute approximate surface area is 259 Å². The van der Waals surface area contributed by atoms with Gasteiger partial charge in [-0.3, -0.25) is 19.2 Å². The van der Waals surface area contributed by atoms with Crippen molar-refractivity contribution in [3.8, 4) is 0 Å². The van der Waals surface area contributed by atoms with Crippen LogP contribution < -0.4 is 0 Å². The molecule has 0 radical (unpaired) electrons. The summed E-state index contributed by atoms with van der Waals surface area (Å²) in [7, 11) is 0. The van der Waals surface area contributed by atoms with Crippen LogP contribution in [0.3, 0.4) is 0 Å². The fourth-order valence-electron chi connectivity index (χ4n) is 4.57. The molecule has 2 atom stereocenters. The van der Waals surface area contributed by atoms with Gasteiger partial charge in [0.05, 0.1) is 11.8 Å². The van der Waals surface area contributed by atoms with Gasteiger partial charge < -0.3 is 9.47 Å². The van der Waals surface area contributed by atoms with Crippen molar-refractivity contribution in [3.63, 3.8) is 0 Å². The molecule has 2 unspecified atom stereocenters. The predicted molar refractivity (Wildman–Crippen MR) is 174 cm³/mol. The highest BCUT2D eigenvalue weighted by Gasteiger charge is 2.21. The van der Waals surface area contributed by atoms with E-state index < -0.39 is 0 Å². The topological polar surface area (TPSA) is 86.7 Å². The van der Waals surface area contributed by atoms with E-state index in [9.17, 15) is 19.2 Å². The summed E-state index contributed by atoms with van der Waals surface area (Å²) >= 11 is 0. The van der Waals surface area contributed by atoms with Gasteiger partial charge >= 0.3 is 23.9 Å². The predicted octanol–water partition coefficient (Wildman–Crippen LogP) is 10.5. The quantitative estimate of drug-likeness (QED) is 0.0789. The average molecular weight is 597 g/mol. The lowest BCUT2D eigenvalue weighted by molar-refractivity contribution is -0.164. The van der Waals surface area contributed by atoms with Gasteiger partial charge in [-0.2, -0.15) is 0 Å². The van der Waals surface area contributed by atoms with Gasteiger partial charge in [0.15, 0.2) is 0 Å². The molecule has 0 fully saturated rings. The minimum absolute atomic E-state index is 0.116. The molecule has 0 bridgehead atoms. The molecule has 0 heterocycles. The lowest BCUT2D eigenvalue weighted by atomic mass is 9.89. The Morgan fingerprint density at radius 3 is 1.10 bits per heavy atom. The smallest absolute Gasteiger partial charge is 0.316 e. The summed E-state index contributed by atoms with van der Waals surface area (Å²) in [5, 5.41) is 0. The third kappa shape index (κ3) is 27.1. The molecule has 6 nitrogen and oxygen atoms in total. The molecule has 42 heavy (non-hydrogen) atoms. The Balaban J connectivity index is 0. The van der Waals surface area contributed by atoms with Gasteiger partial charge in [0.1, 0.15) is 0 Å². The molecular weight excluding hydrogens is 528 g/mol. The SMILES string of the molecule is CCCCC(CC)C(=O)OC(=O)CCCCCC(C)(C)C.CCCCC(CC)C(=O)OC(=O)CCCCCC(C)(C)C. The zero-order chi connectivity index (χ0) is 32.6. The Kier molecular flexibility index (Phi) is 24.9. The van der Waals surface area contributed by atoms with Gasteiger partial charge in [-0.05, 0) is 62.2 Å². The Hall–Kier alpha value is -1.72. The molecule has 0 aliphatic rings. The Bertz CT molecular complexity index is 666. The van der Waals surface area contributed by atoms with E-state index in [2.05, 4.69) is 55.4 Å². The van der Waals surface area contributed by atoms with E-state index in [1.165, 1.54) is 0 Å². The molecule has 0 saturated carbocycles. The van der Waals surface area contributed by atoms with Crippen LogP contribution in [-0.2, 0) is 28.7 Å². The van der Waals surface area contributed by atoms with Crippen LogP contribution in [0, 0.1) is 22.7 Å². The van der Waals surface area contributed by atoms with E-state index in [1.807, 2.05) is 13.8 Å². The summed E-state index contributed by atoms with van der Waals surface area (Å²) < 4.78 is 9.94. The van der Waals surface area contributed by atoms with Crippen molar-refractivity contribution in [2.24, 2.45) is 22.7 Å². The molecule has 0 amide bonds. The molecule has 0 aromatic heterocycles. The normalized spacial score (nSPS) is 13.0. The van der Waals surface area contributed by atoms with E-state index in [0.717, 1.165) is 103 Å². The van der Waals surface area contributed by atoms with Crippen LogP contribution in [0.25, 0.3) is 0 Å².